The summed E-state index contributed by atoms with van der Waals surface area (Å²) in [6.07, 6.45) is 2.68. The second kappa shape index (κ2) is 6.88. The van der Waals surface area contributed by atoms with Crippen LogP contribution in [0.4, 0.5) is 11.4 Å². The topological polar surface area (TPSA) is 54.0 Å². The number of anilines is 2. The largest absolute Gasteiger partial charge is 0.385 e. The summed E-state index contributed by atoms with van der Waals surface area (Å²) in [5.74, 6) is -0.187. The molecule has 4 heteroatoms. The number of nitrogens with one attached hydrogen (secondary N) is 2. The molecular weight excluding hydrogens is 262 g/mol. The lowest BCUT2D eigenvalue weighted by Gasteiger charge is -2.11. The maximum Gasteiger partial charge on any atom is 0.274 e. The van der Waals surface area contributed by atoms with Crippen LogP contribution >= 0.6 is 0 Å². The molecule has 0 unspecified atom stereocenters. The molecule has 21 heavy (non-hydrogen) atoms. The summed E-state index contributed by atoms with van der Waals surface area (Å²) in [7, 11) is 0. The van der Waals surface area contributed by atoms with Crippen molar-refractivity contribution in [1.29, 1.82) is 0 Å². The molecule has 0 atom stereocenters. The van der Waals surface area contributed by atoms with Gasteiger partial charge in [-0.15, -0.1) is 0 Å². The van der Waals surface area contributed by atoms with Gasteiger partial charge in [0.1, 0.15) is 5.69 Å². The Morgan fingerprint density at radius 3 is 2.57 bits per heavy atom. The van der Waals surface area contributed by atoms with E-state index in [1.54, 1.807) is 12.3 Å². The van der Waals surface area contributed by atoms with Gasteiger partial charge in [-0.3, -0.25) is 9.78 Å². The monoisotopic (exact) mass is 283 g/mol. The molecule has 2 rings (SSSR count). The predicted molar refractivity (Wildman–Crippen MR) is 86.9 cm³/mol. The van der Waals surface area contributed by atoms with Gasteiger partial charge in [0, 0.05) is 24.1 Å². The second-order valence-electron chi connectivity index (χ2n) is 5.08. The first kappa shape index (κ1) is 15.0. The zero-order chi connectivity index (χ0) is 15.2. The number of aromatic nitrogens is 1. The lowest BCUT2D eigenvalue weighted by atomic mass is 10.1. The first-order chi connectivity index (χ1) is 10.1. The Balaban J connectivity index is 2.17. The molecule has 110 valence electrons. The molecule has 0 radical (unpaired) electrons. The Bertz CT molecular complexity index is 617. The van der Waals surface area contributed by atoms with Crippen LogP contribution in [0.15, 0.2) is 36.5 Å². The van der Waals surface area contributed by atoms with Gasteiger partial charge in [0.25, 0.3) is 5.91 Å². The van der Waals surface area contributed by atoms with Crippen molar-refractivity contribution in [3.8, 4) is 0 Å². The van der Waals surface area contributed by atoms with Crippen molar-refractivity contribution < 1.29 is 4.79 Å². The molecule has 0 saturated heterocycles. The van der Waals surface area contributed by atoms with Gasteiger partial charge >= 0.3 is 0 Å². The fraction of sp³-hybridized carbons (Fsp3) is 0.294. The number of carbonyl (C=O) groups is 1. The van der Waals surface area contributed by atoms with Crippen molar-refractivity contribution in [3.63, 3.8) is 0 Å². The fourth-order valence-electron chi connectivity index (χ4n) is 2.12. The summed E-state index contributed by atoms with van der Waals surface area (Å²) in [4.78, 5) is 16.5. The first-order valence-corrected chi connectivity index (χ1v) is 7.19. The highest BCUT2D eigenvalue weighted by Crippen LogP contribution is 2.20. The Kier molecular flexibility index (Phi) is 4.93. The van der Waals surface area contributed by atoms with Gasteiger partial charge in [0.2, 0.25) is 0 Å². The number of rotatable bonds is 5. The van der Waals surface area contributed by atoms with Crippen molar-refractivity contribution in [3.05, 3.63) is 53.3 Å². The van der Waals surface area contributed by atoms with Gasteiger partial charge in [-0.2, -0.15) is 0 Å². The number of hydrogen-bond acceptors (Lipinski definition) is 3. The molecule has 0 aliphatic heterocycles. The fourth-order valence-corrected chi connectivity index (χ4v) is 2.12. The summed E-state index contributed by atoms with van der Waals surface area (Å²) in [6, 6.07) is 9.59. The van der Waals surface area contributed by atoms with Crippen LogP contribution in [0.2, 0.25) is 0 Å². The van der Waals surface area contributed by atoms with Crippen LogP contribution in [0.5, 0.6) is 0 Å². The highest BCUT2D eigenvalue weighted by molar-refractivity contribution is 6.04. The molecule has 2 aromatic rings. The van der Waals surface area contributed by atoms with E-state index in [2.05, 4.69) is 22.5 Å². The van der Waals surface area contributed by atoms with E-state index in [1.807, 2.05) is 38.1 Å². The molecule has 0 fully saturated rings. The SMILES string of the molecule is CCCNc1ccnc(C(=O)Nc2c(C)cccc2C)c1. The average molecular weight is 283 g/mol. The van der Waals surface area contributed by atoms with Crippen LogP contribution in [0, 0.1) is 13.8 Å². The lowest BCUT2D eigenvalue weighted by Crippen LogP contribution is -2.15. The zero-order valence-electron chi connectivity index (χ0n) is 12.7. The molecule has 0 saturated carbocycles. The van der Waals surface area contributed by atoms with Crippen LogP contribution in [0.25, 0.3) is 0 Å². The Morgan fingerprint density at radius 1 is 1.19 bits per heavy atom. The van der Waals surface area contributed by atoms with Crippen LogP contribution in [0.1, 0.15) is 35.0 Å². The van der Waals surface area contributed by atoms with Gasteiger partial charge in [0.05, 0.1) is 0 Å². The van der Waals surface area contributed by atoms with E-state index in [-0.39, 0.29) is 5.91 Å². The molecule has 0 aliphatic carbocycles. The number of aryl methyl sites for hydroxylation is 2. The summed E-state index contributed by atoms with van der Waals surface area (Å²) in [6.45, 7) is 6.94. The van der Waals surface area contributed by atoms with Crippen LogP contribution < -0.4 is 10.6 Å². The molecule has 2 N–H and O–H groups in total. The van der Waals surface area contributed by atoms with Gasteiger partial charge in [0.15, 0.2) is 0 Å². The number of nitrogens with zero attached hydrogens (tertiary/aromatic N) is 1. The minimum atomic E-state index is -0.187. The van der Waals surface area contributed by atoms with E-state index in [9.17, 15) is 4.79 Å². The normalized spacial score (nSPS) is 10.2. The van der Waals surface area contributed by atoms with Crippen molar-refractivity contribution in [2.75, 3.05) is 17.2 Å². The first-order valence-electron chi connectivity index (χ1n) is 7.19. The maximum atomic E-state index is 12.3. The molecule has 1 aromatic heterocycles. The Hall–Kier alpha value is -2.36. The highest BCUT2D eigenvalue weighted by Gasteiger charge is 2.11. The number of benzene rings is 1. The smallest absolute Gasteiger partial charge is 0.274 e. The van der Waals surface area contributed by atoms with Gasteiger partial charge in [-0.25, -0.2) is 0 Å². The predicted octanol–water partition coefficient (Wildman–Crippen LogP) is 3.77. The van der Waals surface area contributed by atoms with Crippen LogP contribution in [0.3, 0.4) is 0 Å². The lowest BCUT2D eigenvalue weighted by molar-refractivity contribution is 0.102. The quantitative estimate of drug-likeness (QED) is 0.878. The van der Waals surface area contributed by atoms with Crippen LogP contribution in [-0.2, 0) is 0 Å². The van der Waals surface area contributed by atoms with Crippen molar-refractivity contribution >= 4 is 17.3 Å². The molecule has 1 amide bonds. The Morgan fingerprint density at radius 2 is 1.90 bits per heavy atom. The van der Waals surface area contributed by atoms with Gasteiger partial charge in [-0.05, 0) is 43.5 Å². The van der Waals surface area contributed by atoms with E-state index in [0.717, 1.165) is 35.5 Å². The van der Waals surface area contributed by atoms with E-state index < -0.39 is 0 Å². The minimum absolute atomic E-state index is 0.187. The average Bonchev–Trinajstić information content (AvgIpc) is 2.49. The summed E-state index contributed by atoms with van der Waals surface area (Å²) in [5.41, 5.74) is 4.28. The van der Waals surface area contributed by atoms with E-state index in [1.165, 1.54) is 0 Å². The van der Waals surface area contributed by atoms with Gasteiger partial charge < -0.3 is 10.6 Å². The van der Waals surface area contributed by atoms with E-state index in [0.29, 0.717) is 5.69 Å². The molecule has 4 nitrogen and oxygen atoms in total. The van der Waals surface area contributed by atoms with E-state index >= 15 is 0 Å². The molecule has 1 heterocycles. The van der Waals surface area contributed by atoms with E-state index in [4.69, 9.17) is 0 Å². The molecule has 0 bridgehead atoms. The third-order valence-corrected chi connectivity index (χ3v) is 3.29. The number of hydrogen-bond donors (Lipinski definition) is 2. The van der Waals surface area contributed by atoms with Gasteiger partial charge in [-0.1, -0.05) is 25.1 Å². The minimum Gasteiger partial charge on any atom is -0.385 e. The summed E-state index contributed by atoms with van der Waals surface area (Å²) in [5, 5.41) is 6.21. The maximum absolute atomic E-state index is 12.3. The summed E-state index contributed by atoms with van der Waals surface area (Å²) < 4.78 is 0. The number of para-hydroxylation sites is 1. The molecule has 0 aliphatic rings. The molecular formula is C17H21N3O. The van der Waals surface area contributed by atoms with Crippen molar-refractivity contribution in [1.82, 2.24) is 4.98 Å². The third kappa shape index (κ3) is 3.81. The molecule has 1 aromatic carbocycles. The zero-order valence-corrected chi connectivity index (χ0v) is 12.7. The van der Waals surface area contributed by atoms with Crippen molar-refractivity contribution in [2.45, 2.75) is 27.2 Å². The summed E-state index contributed by atoms with van der Waals surface area (Å²) >= 11 is 0. The number of carbonyl (C=O) groups excluding carboxylic acids is 1. The molecule has 0 spiro atoms. The standard InChI is InChI=1S/C17H21N3O/c1-4-9-18-14-8-10-19-15(11-14)17(21)20-16-12(2)6-5-7-13(16)3/h5-8,10-11H,4,9H2,1-3H3,(H,18,19)(H,20,21). The van der Waals surface area contributed by atoms with Crippen LogP contribution in [-0.4, -0.2) is 17.4 Å². The highest BCUT2D eigenvalue weighted by atomic mass is 16.1. The third-order valence-electron chi connectivity index (χ3n) is 3.29. The number of pyridine rings is 1. The second-order valence-corrected chi connectivity index (χ2v) is 5.08. The Labute approximate surface area is 125 Å². The number of amides is 1. The van der Waals surface area contributed by atoms with Crippen molar-refractivity contribution in [2.24, 2.45) is 0 Å².